The first kappa shape index (κ1) is 23.9. The van der Waals surface area contributed by atoms with Gasteiger partial charge in [-0.15, -0.1) is 0 Å². The monoisotopic (exact) mass is 537 g/mol. The number of benzene rings is 1. The first-order valence-corrected chi connectivity index (χ1v) is 11.0. The van der Waals surface area contributed by atoms with Crippen molar-refractivity contribution in [2.45, 2.75) is 81.6 Å². The summed E-state index contributed by atoms with van der Waals surface area (Å²) in [6, 6.07) is 0. The molecule has 3 nitrogen and oxygen atoms in total. The van der Waals surface area contributed by atoms with Crippen molar-refractivity contribution < 1.29 is 4.92 Å². The minimum Gasteiger partial charge on any atom is -0.258 e. The average molecular weight is 538 g/mol. The lowest BCUT2D eigenvalue weighted by molar-refractivity contribution is -0.386. The lowest BCUT2D eigenvalue weighted by Gasteiger charge is -2.27. The van der Waals surface area contributed by atoms with Crippen LogP contribution in [0.15, 0.2) is 4.47 Å². The van der Waals surface area contributed by atoms with E-state index in [1.807, 2.05) is 0 Å². The van der Waals surface area contributed by atoms with Crippen molar-refractivity contribution in [3.8, 4) is 0 Å². The van der Waals surface area contributed by atoms with Gasteiger partial charge in [0.1, 0.15) is 0 Å². The average Bonchev–Trinajstić information content (AvgIpc) is 2.35. The molecule has 0 aromatic heterocycles. The molecule has 0 radical (unpaired) electrons. The van der Waals surface area contributed by atoms with Crippen LogP contribution in [0.25, 0.3) is 0 Å². The van der Waals surface area contributed by atoms with Crippen molar-refractivity contribution in [2.24, 2.45) is 16.2 Å². The highest BCUT2D eigenvalue weighted by molar-refractivity contribution is 14.1. The molecule has 0 aliphatic rings. The Labute approximate surface area is 181 Å². The predicted octanol–water partition coefficient (Wildman–Crippen LogP) is 7.73. The molecular weight excluding hydrogens is 505 g/mol. The largest absolute Gasteiger partial charge is 0.277 e. The van der Waals surface area contributed by atoms with Gasteiger partial charge in [-0.3, -0.25) is 10.1 Å². The molecule has 0 bridgehead atoms. The van der Waals surface area contributed by atoms with Gasteiger partial charge in [-0.2, -0.15) is 0 Å². The summed E-state index contributed by atoms with van der Waals surface area (Å²) in [5.74, 6) is 0. The van der Waals surface area contributed by atoms with Gasteiger partial charge in [0, 0.05) is 19.2 Å². The van der Waals surface area contributed by atoms with E-state index in [9.17, 15) is 10.1 Å². The van der Waals surface area contributed by atoms with Crippen LogP contribution in [0.2, 0.25) is 0 Å². The maximum absolute atomic E-state index is 12.1. The van der Waals surface area contributed by atoms with E-state index in [1.54, 1.807) is 0 Å². The van der Waals surface area contributed by atoms with E-state index < -0.39 is 0 Å². The van der Waals surface area contributed by atoms with E-state index in [1.165, 1.54) is 5.56 Å². The normalized spacial score (nSPS) is 13.2. The van der Waals surface area contributed by atoms with Crippen LogP contribution in [0.3, 0.4) is 0 Å². The SMILES string of the molecule is CC(C)(C)Cc1c(Br)c(CC(C)(C)C)c([N+](=O)[O-])c(CC(C)(C)C)c1I. The fraction of sp³-hybridized carbons (Fsp3) is 0.714. The fourth-order valence-electron chi connectivity index (χ4n) is 3.14. The summed E-state index contributed by atoms with van der Waals surface area (Å²) in [6.07, 6.45) is 2.26. The Morgan fingerprint density at radius 3 is 1.50 bits per heavy atom. The maximum Gasteiger partial charge on any atom is 0.277 e. The molecule has 0 heterocycles. The fourth-order valence-corrected chi connectivity index (χ4v) is 5.08. The van der Waals surface area contributed by atoms with Crippen molar-refractivity contribution in [1.29, 1.82) is 0 Å². The number of hydrogen-bond acceptors (Lipinski definition) is 2. The molecule has 1 rings (SSSR count). The zero-order valence-corrected chi connectivity index (χ0v) is 21.4. The second kappa shape index (κ2) is 8.06. The van der Waals surface area contributed by atoms with E-state index in [4.69, 9.17) is 0 Å². The molecule has 0 aliphatic heterocycles. The molecule has 0 spiro atoms. The van der Waals surface area contributed by atoms with E-state index in [2.05, 4.69) is 101 Å². The first-order valence-electron chi connectivity index (χ1n) is 9.09. The minimum absolute atomic E-state index is 0.0173. The number of rotatable bonds is 4. The van der Waals surface area contributed by atoms with Crippen LogP contribution in [0.4, 0.5) is 5.69 Å². The Morgan fingerprint density at radius 1 is 0.808 bits per heavy atom. The molecule has 0 saturated heterocycles. The number of nitro benzene ring substituents is 1. The molecule has 1 aromatic rings. The highest BCUT2D eigenvalue weighted by Gasteiger charge is 2.33. The highest BCUT2D eigenvalue weighted by Crippen LogP contribution is 2.44. The van der Waals surface area contributed by atoms with E-state index in [0.717, 1.165) is 25.6 Å². The minimum atomic E-state index is -0.171. The highest BCUT2D eigenvalue weighted by atomic mass is 127. The van der Waals surface area contributed by atoms with E-state index >= 15 is 0 Å². The molecule has 0 aliphatic carbocycles. The Bertz CT molecular complexity index is 649. The molecule has 0 N–H and O–H groups in total. The smallest absolute Gasteiger partial charge is 0.258 e. The van der Waals surface area contributed by atoms with Gasteiger partial charge in [0.05, 0.1) is 4.92 Å². The Morgan fingerprint density at radius 2 is 1.15 bits per heavy atom. The van der Waals surface area contributed by atoms with Gasteiger partial charge in [0.25, 0.3) is 5.69 Å². The molecule has 26 heavy (non-hydrogen) atoms. The summed E-state index contributed by atoms with van der Waals surface area (Å²) in [7, 11) is 0. The second-order valence-electron chi connectivity index (χ2n) is 10.9. The maximum atomic E-state index is 12.1. The zero-order valence-electron chi connectivity index (χ0n) is 17.6. The van der Waals surface area contributed by atoms with Crippen molar-refractivity contribution in [2.75, 3.05) is 0 Å². The van der Waals surface area contributed by atoms with Crippen molar-refractivity contribution in [1.82, 2.24) is 0 Å². The summed E-state index contributed by atoms with van der Waals surface area (Å²) in [5, 5.41) is 12.1. The molecule has 0 fully saturated rings. The van der Waals surface area contributed by atoms with Crippen molar-refractivity contribution in [3.05, 3.63) is 34.8 Å². The summed E-state index contributed by atoms with van der Waals surface area (Å²) in [5.41, 5.74) is 3.32. The summed E-state index contributed by atoms with van der Waals surface area (Å²) < 4.78 is 1.97. The third-order valence-electron chi connectivity index (χ3n) is 3.94. The summed E-state index contributed by atoms with van der Waals surface area (Å²) in [4.78, 5) is 11.9. The van der Waals surface area contributed by atoms with Crippen LogP contribution in [0.1, 0.15) is 79.0 Å². The van der Waals surface area contributed by atoms with Gasteiger partial charge in [-0.05, 0) is 79.6 Å². The molecule has 5 heteroatoms. The van der Waals surface area contributed by atoms with Gasteiger partial charge in [-0.25, -0.2) is 0 Å². The third-order valence-corrected chi connectivity index (χ3v) is 6.19. The predicted molar refractivity (Wildman–Crippen MR) is 123 cm³/mol. The zero-order chi connectivity index (χ0) is 20.7. The van der Waals surface area contributed by atoms with Crippen molar-refractivity contribution >= 4 is 44.2 Å². The van der Waals surface area contributed by atoms with Gasteiger partial charge in [0.2, 0.25) is 0 Å². The number of hydrogen-bond donors (Lipinski definition) is 0. The van der Waals surface area contributed by atoms with Crippen LogP contribution in [0, 0.1) is 29.9 Å². The Balaban J connectivity index is 3.88. The summed E-state index contributed by atoms with van der Waals surface area (Å²) >= 11 is 6.09. The van der Waals surface area contributed by atoms with Crippen LogP contribution < -0.4 is 0 Å². The molecule has 0 unspecified atom stereocenters. The third kappa shape index (κ3) is 6.77. The van der Waals surface area contributed by atoms with E-state index in [-0.39, 0.29) is 21.2 Å². The van der Waals surface area contributed by atoms with Crippen molar-refractivity contribution in [3.63, 3.8) is 0 Å². The van der Waals surface area contributed by atoms with Gasteiger partial charge in [0.15, 0.2) is 0 Å². The summed E-state index contributed by atoms with van der Waals surface area (Å²) in [6.45, 7) is 19.5. The number of nitro groups is 1. The van der Waals surface area contributed by atoms with E-state index in [0.29, 0.717) is 18.5 Å². The van der Waals surface area contributed by atoms with Gasteiger partial charge < -0.3 is 0 Å². The molecular formula is C21H33BrINO2. The molecule has 0 saturated carbocycles. The van der Waals surface area contributed by atoms with Crippen LogP contribution in [0.5, 0.6) is 0 Å². The second-order valence-corrected chi connectivity index (χ2v) is 12.8. The Kier molecular flexibility index (Phi) is 7.40. The van der Waals surface area contributed by atoms with Gasteiger partial charge >= 0.3 is 0 Å². The Hall–Kier alpha value is -0.170. The quantitative estimate of drug-likeness (QED) is 0.224. The molecule has 1 aromatic carbocycles. The molecule has 148 valence electrons. The topological polar surface area (TPSA) is 43.1 Å². The number of halogens is 2. The van der Waals surface area contributed by atoms with Crippen LogP contribution >= 0.6 is 38.5 Å². The standard InChI is InChI=1S/C21H33BrINO2/c1-19(2,3)10-13-16(22)14(11-20(4,5)6)18(24(25)26)15(17(13)23)12-21(7,8)9/h10-12H2,1-9H3. The molecule has 0 atom stereocenters. The lowest BCUT2D eigenvalue weighted by atomic mass is 9.80. The first-order chi connectivity index (χ1) is 11.4. The number of nitrogens with zero attached hydrogens (tertiary/aromatic N) is 1. The lowest BCUT2D eigenvalue weighted by Crippen LogP contribution is -2.20. The van der Waals surface area contributed by atoms with Gasteiger partial charge in [-0.1, -0.05) is 62.3 Å². The molecule has 0 amide bonds. The van der Waals surface area contributed by atoms with Crippen LogP contribution in [-0.4, -0.2) is 4.92 Å². The van der Waals surface area contributed by atoms with Crippen LogP contribution in [-0.2, 0) is 19.3 Å².